The van der Waals surface area contributed by atoms with Gasteiger partial charge in [0.15, 0.2) is 14.1 Å². The lowest BCUT2D eigenvalue weighted by molar-refractivity contribution is -0.158. The summed E-state index contributed by atoms with van der Waals surface area (Å²) in [6.07, 6.45) is 1.05. The van der Waals surface area contributed by atoms with Crippen LogP contribution in [-0.2, 0) is 20.4 Å². The molecule has 1 fully saturated rings. The highest BCUT2D eigenvalue weighted by Gasteiger charge is 2.48. The summed E-state index contributed by atoms with van der Waals surface area (Å²) in [6.45, 7) is 19.6. The van der Waals surface area contributed by atoms with E-state index in [4.69, 9.17) is 13.9 Å². The third-order valence-corrected chi connectivity index (χ3v) is 10.7. The second-order valence-corrected chi connectivity index (χ2v) is 15.0. The second-order valence-electron chi connectivity index (χ2n) is 10.2. The molecule has 0 unspecified atom stereocenters. The highest BCUT2D eigenvalue weighted by atomic mass is 28.4. The molecule has 6 heteroatoms. The smallest absolute Gasteiger partial charge is 0.192 e. The fourth-order valence-corrected chi connectivity index (χ4v) is 4.41. The summed E-state index contributed by atoms with van der Waals surface area (Å²) in [5, 5.41) is 14.7. The normalized spacial score (nSPS) is 23.9. The lowest BCUT2D eigenvalue weighted by Gasteiger charge is -2.37. The molecule has 0 bridgehead atoms. The van der Waals surface area contributed by atoms with Gasteiger partial charge in [0.05, 0.1) is 6.61 Å². The van der Waals surface area contributed by atoms with Gasteiger partial charge in [0, 0.05) is 12.6 Å². The van der Waals surface area contributed by atoms with Crippen molar-refractivity contribution in [2.24, 2.45) is 0 Å². The van der Waals surface area contributed by atoms with E-state index in [-0.39, 0.29) is 23.8 Å². The largest absolute Gasteiger partial charge is 0.414 e. The first-order valence-corrected chi connectivity index (χ1v) is 13.8. The van der Waals surface area contributed by atoms with E-state index in [0.29, 0.717) is 13.0 Å². The van der Waals surface area contributed by atoms with Crippen LogP contribution < -0.4 is 5.32 Å². The van der Waals surface area contributed by atoms with Gasteiger partial charge in [-0.1, -0.05) is 57.2 Å². The quantitative estimate of drug-likeness (QED) is 0.415. The minimum atomic E-state index is -1.97. The Hall–Kier alpha value is -1.02. The topological polar surface area (TPSA) is 60.0 Å². The van der Waals surface area contributed by atoms with Gasteiger partial charge in [-0.15, -0.1) is 6.58 Å². The van der Waals surface area contributed by atoms with Crippen LogP contribution in [-0.4, -0.2) is 50.2 Å². The van der Waals surface area contributed by atoms with E-state index < -0.39 is 26.3 Å². The number of benzene rings is 1. The maximum Gasteiger partial charge on any atom is 0.192 e. The van der Waals surface area contributed by atoms with Crippen molar-refractivity contribution in [2.45, 2.75) is 95.9 Å². The molecule has 5 nitrogen and oxygen atoms in total. The molecule has 0 aliphatic carbocycles. The first-order chi connectivity index (χ1) is 13.9. The van der Waals surface area contributed by atoms with Gasteiger partial charge in [-0.3, -0.25) is 0 Å². The van der Waals surface area contributed by atoms with E-state index in [0.717, 1.165) is 0 Å². The molecular formula is C24H41NO4Si. The summed E-state index contributed by atoms with van der Waals surface area (Å²) in [6, 6.07) is 10.2. The Labute approximate surface area is 183 Å². The van der Waals surface area contributed by atoms with E-state index in [1.54, 1.807) is 0 Å². The fraction of sp³-hybridized carbons (Fsp3) is 0.667. The SMILES string of the molecule is C=CC[C@@H](NCc1ccccc1)[C@H]1OC(C)(C)O[C@H]1[C@H](O)CO[Si](C)(C)C(C)(C)C. The van der Waals surface area contributed by atoms with Crippen molar-refractivity contribution >= 4 is 8.32 Å². The molecular weight excluding hydrogens is 394 g/mol. The molecule has 1 aliphatic rings. The lowest BCUT2D eigenvalue weighted by atomic mass is 9.98. The Morgan fingerprint density at radius 2 is 1.80 bits per heavy atom. The number of aliphatic hydroxyl groups is 1. The lowest BCUT2D eigenvalue weighted by Crippen LogP contribution is -2.51. The summed E-state index contributed by atoms with van der Waals surface area (Å²) in [5.41, 5.74) is 1.20. The van der Waals surface area contributed by atoms with Crippen molar-refractivity contribution in [3.05, 3.63) is 48.6 Å². The van der Waals surface area contributed by atoms with Crippen molar-refractivity contribution in [2.75, 3.05) is 6.61 Å². The van der Waals surface area contributed by atoms with Gasteiger partial charge in [0.2, 0.25) is 0 Å². The molecule has 1 saturated heterocycles. The highest BCUT2D eigenvalue weighted by molar-refractivity contribution is 6.74. The zero-order valence-electron chi connectivity index (χ0n) is 19.8. The third-order valence-electron chi connectivity index (χ3n) is 6.19. The van der Waals surface area contributed by atoms with Crippen molar-refractivity contribution in [1.29, 1.82) is 0 Å². The number of ether oxygens (including phenoxy) is 2. The van der Waals surface area contributed by atoms with Crippen LogP contribution in [0.5, 0.6) is 0 Å². The van der Waals surface area contributed by atoms with Crippen LogP contribution in [0.4, 0.5) is 0 Å². The molecule has 4 atom stereocenters. The number of aliphatic hydroxyl groups excluding tert-OH is 1. The van der Waals surface area contributed by atoms with Crippen molar-refractivity contribution in [1.82, 2.24) is 5.32 Å². The van der Waals surface area contributed by atoms with Crippen molar-refractivity contribution in [3.8, 4) is 0 Å². The molecule has 30 heavy (non-hydrogen) atoms. The van der Waals surface area contributed by atoms with Crippen LogP contribution in [0.15, 0.2) is 43.0 Å². The van der Waals surface area contributed by atoms with E-state index in [2.05, 4.69) is 57.9 Å². The number of hydrogen-bond donors (Lipinski definition) is 2. The standard InChI is InChI=1S/C24H41NO4Si/c1-9-13-19(25-16-18-14-11-10-12-15-18)21-22(29-24(5,6)28-21)20(26)17-27-30(7,8)23(2,3)4/h9-12,14-15,19-22,25-26H,1,13,16-17H2,2-8H3/t19-,20-,21-,22+/m1/s1. The molecule has 2 N–H and O–H groups in total. The molecule has 1 aromatic carbocycles. The van der Waals surface area contributed by atoms with Gasteiger partial charge in [-0.25, -0.2) is 0 Å². The average Bonchev–Trinajstić information content (AvgIpc) is 2.98. The molecule has 1 aliphatic heterocycles. The molecule has 2 rings (SSSR count). The van der Waals surface area contributed by atoms with Gasteiger partial charge in [-0.05, 0) is 44.0 Å². The minimum absolute atomic E-state index is 0.0306. The Morgan fingerprint density at radius 3 is 2.37 bits per heavy atom. The maximum atomic E-state index is 11.0. The summed E-state index contributed by atoms with van der Waals surface area (Å²) < 4.78 is 18.7. The zero-order valence-corrected chi connectivity index (χ0v) is 20.8. The third kappa shape index (κ3) is 6.74. The summed E-state index contributed by atoms with van der Waals surface area (Å²) >= 11 is 0. The van der Waals surface area contributed by atoms with Crippen molar-refractivity contribution in [3.63, 3.8) is 0 Å². The molecule has 0 amide bonds. The number of nitrogens with one attached hydrogen (secondary N) is 1. The van der Waals surface area contributed by atoms with Gasteiger partial charge in [-0.2, -0.15) is 0 Å². The fourth-order valence-electron chi connectivity index (χ4n) is 3.39. The predicted octanol–water partition coefficient (Wildman–Crippen LogP) is 4.62. The van der Waals surface area contributed by atoms with E-state index in [1.165, 1.54) is 5.56 Å². The highest BCUT2D eigenvalue weighted by Crippen LogP contribution is 2.38. The van der Waals surface area contributed by atoms with Gasteiger partial charge in [0.25, 0.3) is 0 Å². The monoisotopic (exact) mass is 435 g/mol. The first kappa shape index (κ1) is 25.2. The molecule has 170 valence electrons. The Morgan fingerprint density at radius 1 is 1.20 bits per heavy atom. The Bertz CT molecular complexity index is 672. The summed E-state index contributed by atoms with van der Waals surface area (Å²) in [4.78, 5) is 0. The van der Waals surface area contributed by atoms with Crippen LogP contribution in [0.1, 0.15) is 46.6 Å². The van der Waals surface area contributed by atoms with E-state index in [9.17, 15) is 5.11 Å². The molecule has 1 heterocycles. The van der Waals surface area contributed by atoms with Crippen LogP contribution in [0.25, 0.3) is 0 Å². The molecule has 1 aromatic rings. The molecule has 0 saturated carbocycles. The predicted molar refractivity (Wildman–Crippen MR) is 125 cm³/mol. The summed E-state index contributed by atoms with van der Waals surface area (Å²) in [7, 11) is -1.97. The van der Waals surface area contributed by atoms with Crippen LogP contribution in [0, 0.1) is 0 Å². The average molecular weight is 436 g/mol. The number of rotatable bonds is 10. The summed E-state index contributed by atoms with van der Waals surface area (Å²) in [5.74, 6) is -0.763. The maximum absolute atomic E-state index is 11.0. The van der Waals surface area contributed by atoms with E-state index >= 15 is 0 Å². The Balaban J connectivity index is 2.10. The van der Waals surface area contributed by atoms with Crippen LogP contribution in [0.3, 0.4) is 0 Å². The van der Waals surface area contributed by atoms with Gasteiger partial charge >= 0.3 is 0 Å². The minimum Gasteiger partial charge on any atom is -0.414 e. The molecule has 0 radical (unpaired) electrons. The van der Waals surface area contributed by atoms with Crippen molar-refractivity contribution < 1.29 is 19.0 Å². The Kier molecular flexibility index (Phi) is 8.47. The number of hydrogen-bond acceptors (Lipinski definition) is 5. The van der Waals surface area contributed by atoms with Gasteiger partial charge < -0.3 is 24.3 Å². The van der Waals surface area contributed by atoms with Gasteiger partial charge in [0.1, 0.15) is 18.3 Å². The zero-order chi connectivity index (χ0) is 22.6. The molecule has 0 aromatic heterocycles. The first-order valence-electron chi connectivity index (χ1n) is 10.9. The van der Waals surface area contributed by atoms with E-state index in [1.807, 2.05) is 38.1 Å². The second kappa shape index (κ2) is 10.1. The molecule has 0 spiro atoms. The van der Waals surface area contributed by atoms with Crippen LogP contribution in [0.2, 0.25) is 18.1 Å². The van der Waals surface area contributed by atoms with Crippen LogP contribution >= 0.6 is 0 Å².